The molecule has 0 bridgehead atoms. The van der Waals surface area contributed by atoms with Crippen LogP contribution in [0.1, 0.15) is 0 Å². The van der Waals surface area contributed by atoms with Crippen molar-refractivity contribution in [3.8, 4) is 0 Å². The number of nitrogens with two attached hydrogens (primary N) is 1. The fraction of sp³-hybridized carbons (Fsp3) is 1.00. The fourth-order valence-corrected chi connectivity index (χ4v) is 3.20. The van der Waals surface area contributed by atoms with Crippen LogP contribution in [0, 0.1) is 0 Å². The first-order valence-electron chi connectivity index (χ1n) is 11.5. The van der Waals surface area contributed by atoms with Crippen LogP contribution in [0.3, 0.4) is 0 Å². The summed E-state index contributed by atoms with van der Waals surface area (Å²) in [6, 6.07) is 0. The second-order valence-electron chi connectivity index (χ2n) is 7.94. The third-order valence-electron chi connectivity index (χ3n) is 5.22. The second kappa shape index (κ2) is 18.6. The van der Waals surface area contributed by atoms with E-state index in [-0.39, 0.29) is 6.54 Å². The quantitative estimate of drug-likeness (QED) is 0.0674. The average Bonchev–Trinajstić information content (AvgIpc) is 2.86. The third kappa shape index (κ3) is 11.5. The molecule has 0 aromatic rings. The van der Waals surface area contributed by atoms with E-state index in [0.29, 0.717) is 52.7 Å². The lowest BCUT2D eigenvalue weighted by Crippen LogP contribution is -2.61. The minimum Gasteiger partial charge on any atom is -0.394 e. The molecular weight excluding hydrogens is 476 g/mol. The van der Waals surface area contributed by atoms with Crippen LogP contribution < -0.4 is 11.1 Å². The van der Waals surface area contributed by atoms with Gasteiger partial charge in [0.15, 0.2) is 6.29 Å². The topological polar surface area (TPSA) is 246 Å². The first-order valence-corrected chi connectivity index (χ1v) is 11.5. The number of rotatable bonds is 20. The number of nitrogens with one attached hydrogen (secondary N) is 1. The molecule has 210 valence electrons. The summed E-state index contributed by atoms with van der Waals surface area (Å²) in [6.45, 7) is 1.46. The maximum atomic E-state index is 10.5. The van der Waals surface area contributed by atoms with E-state index < -0.39 is 68.3 Å². The van der Waals surface area contributed by atoms with E-state index >= 15 is 0 Å². The predicted molar refractivity (Wildman–Crippen MR) is 118 cm³/mol. The summed E-state index contributed by atoms with van der Waals surface area (Å²) in [6.07, 6.45) is -14.6. The van der Waals surface area contributed by atoms with Crippen LogP contribution in [0.5, 0.6) is 0 Å². The molecule has 1 saturated heterocycles. The average molecular weight is 519 g/mol. The Kier molecular flexibility index (Phi) is 17.2. The molecule has 1 aliphatic rings. The van der Waals surface area contributed by atoms with Gasteiger partial charge in [-0.15, -0.1) is 0 Å². The van der Waals surface area contributed by atoms with Crippen molar-refractivity contribution in [1.82, 2.24) is 5.32 Å². The molecule has 0 aromatic heterocycles. The van der Waals surface area contributed by atoms with Crippen LogP contribution in [0.2, 0.25) is 0 Å². The van der Waals surface area contributed by atoms with Gasteiger partial charge in [0.05, 0.1) is 59.0 Å². The normalized spacial score (nSPS) is 28.5. The van der Waals surface area contributed by atoms with Crippen molar-refractivity contribution in [3.63, 3.8) is 0 Å². The smallest absolute Gasteiger partial charge is 0.187 e. The van der Waals surface area contributed by atoms with E-state index in [4.69, 9.17) is 29.4 Å². The van der Waals surface area contributed by atoms with E-state index in [1.54, 1.807) is 0 Å². The molecule has 1 rings (SSSR count). The molecule has 0 aliphatic carbocycles. The van der Waals surface area contributed by atoms with Crippen molar-refractivity contribution in [3.05, 3.63) is 0 Å². The highest BCUT2D eigenvalue weighted by atomic mass is 16.7. The summed E-state index contributed by atoms with van der Waals surface area (Å²) >= 11 is 0. The number of hydrogen-bond acceptors (Lipinski definition) is 15. The van der Waals surface area contributed by atoms with Gasteiger partial charge in [0, 0.05) is 19.6 Å². The Balaban J connectivity index is 2.38. The standard InChI is InChI=1S/C20H42N2O13/c21-1-3-31-5-7-33-8-6-32-4-2-22-9-12(25)15(27)19(13(26)10-23)35-20-18(30)17(29)16(28)14(11-24)34-20/h12-20,22-30H,1-11,21H2/t12-,13+,14+,15+,16+,17-,18+,19+,20+/m0/s1. The Morgan fingerprint density at radius 1 is 0.800 bits per heavy atom. The molecular formula is C20H42N2O13. The zero-order valence-corrected chi connectivity index (χ0v) is 19.7. The molecule has 0 spiro atoms. The molecule has 1 aliphatic heterocycles. The second-order valence-corrected chi connectivity index (χ2v) is 7.94. The van der Waals surface area contributed by atoms with E-state index in [9.17, 15) is 40.9 Å². The number of ether oxygens (including phenoxy) is 5. The minimum atomic E-state index is -1.79. The van der Waals surface area contributed by atoms with Gasteiger partial charge in [-0.1, -0.05) is 0 Å². The monoisotopic (exact) mass is 518 g/mol. The van der Waals surface area contributed by atoms with Crippen LogP contribution in [0.15, 0.2) is 0 Å². The largest absolute Gasteiger partial charge is 0.394 e. The summed E-state index contributed by atoms with van der Waals surface area (Å²) < 4.78 is 26.4. The summed E-state index contributed by atoms with van der Waals surface area (Å²) in [7, 11) is 0. The first-order chi connectivity index (χ1) is 16.8. The van der Waals surface area contributed by atoms with Crippen LogP contribution in [0.25, 0.3) is 0 Å². The lowest BCUT2D eigenvalue weighted by Gasteiger charge is -2.42. The van der Waals surface area contributed by atoms with Crippen molar-refractivity contribution >= 4 is 0 Å². The lowest BCUT2D eigenvalue weighted by atomic mass is 9.98. The van der Waals surface area contributed by atoms with Crippen LogP contribution in [0.4, 0.5) is 0 Å². The van der Waals surface area contributed by atoms with E-state index in [1.165, 1.54) is 0 Å². The third-order valence-corrected chi connectivity index (χ3v) is 5.22. The van der Waals surface area contributed by atoms with Crippen molar-refractivity contribution in [1.29, 1.82) is 0 Å². The van der Waals surface area contributed by atoms with Gasteiger partial charge in [-0.2, -0.15) is 0 Å². The first kappa shape index (κ1) is 32.4. The van der Waals surface area contributed by atoms with Crippen molar-refractivity contribution < 1.29 is 64.5 Å². The highest BCUT2D eigenvalue weighted by Gasteiger charge is 2.46. The van der Waals surface area contributed by atoms with Crippen LogP contribution >= 0.6 is 0 Å². The van der Waals surface area contributed by atoms with E-state index in [0.717, 1.165) is 0 Å². The fourth-order valence-electron chi connectivity index (χ4n) is 3.20. The molecule has 35 heavy (non-hydrogen) atoms. The van der Waals surface area contributed by atoms with Crippen LogP contribution in [-0.2, 0) is 23.7 Å². The van der Waals surface area contributed by atoms with Gasteiger partial charge in [-0.25, -0.2) is 0 Å². The predicted octanol–water partition coefficient (Wildman–Crippen LogP) is -6.16. The zero-order chi connectivity index (χ0) is 26.2. The Morgan fingerprint density at radius 2 is 1.40 bits per heavy atom. The van der Waals surface area contributed by atoms with Gasteiger partial charge in [0.25, 0.3) is 0 Å². The zero-order valence-electron chi connectivity index (χ0n) is 19.7. The molecule has 0 saturated carbocycles. The van der Waals surface area contributed by atoms with Gasteiger partial charge in [0.2, 0.25) is 0 Å². The molecule has 0 amide bonds. The Bertz CT molecular complexity index is 521. The van der Waals surface area contributed by atoms with Crippen LogP contribution in [-0.4, -0.2) is 168 Å². The van der Waals surface area contributed by atoms with Gasteiger partial charge >= 0.3 is 0 Å². The maximum Gasteiger partial charge on any atom is 0.187 e. The highest BCUT2D eigenvalue weighted by Crippen LogP contribution is 2.24. The van der Waals surface area contributed by atoms with Crippen molar-refractivity contribution in [2.24, 2.45) is 5.73 Å². The molecule has 0 aromatic carbocycles. The van der Waals surface area contributed by atoms with E-state index in [2.05, 4.69) is 5.32 Å². The van der Waals surface area contributed by atoms with Gasteiger partial charge in [0.1, 0.15) is 42.7 Å². The Morgan fingerprint density at radius 3 is 1.97 bits per heavy atom. The summed E-state index contributed by atoms with van der Waals surface area (Å²) in [5, 5.41) is 82.0. The van der Waals surface area contributed by atoms with Gasteiger partial charge in [-0.3, -0.25) is 0 Å². The van der Waals surface area contributed by atoms with Crippen molar-refractivity contribution in [2.45, 2.75) is 55.1 Å². The summed E-state index contributed by atoms with van der Waals surface area (Å²) in [4.78, 5) is 0. The Hall–Kier alpha value is -0.600. The number of hydrogen-bond donors (Lipinski definition) is 10. The van der Waals surface area contributed by atoms with Crippen molar-refractivity contribution in [2.75, 3.05) is 72.5 Å². The maximum absolute atomic E-state index is 10.5. The Labute approximate surface area is 203 Å². The highest BCUT2D eigenvalue weighted by molar-refractivity contribution is 4.91. The number of aliphatic hydroxyl groups excluding tert-OH is 8. The molecule has 1 fully saturated rings. The summed E-state index contributed by atoms with van der Waals surface area (Å²) in [5.74, 6) is 0. The molecule has 1 heterocycles. The lowest BCUT2D eigenvalue weighted by molar-refractivity contribution is -0.327. The molecule has 15 nitrogen and oxygen atoms in total. The minimum absolute atomic E-state index is 0.133. The molecule has 11 N–H and O–H groups in total. The van der Waals surface area contributed by atoms with Gasteiger partial charge in [-0.05, 0) is 0 Å². The summed E-state index contributed by atoms with van der Waals surface area (Å²) in [5.41, 5.74) is 5.29. The molecule has 9 atom stereocenters. The van der Waals surface area contributed by atoms with Gasteiger partial charge < -0.3 is 75.6 Å². The number of aliphatic hydroxyl groups is 8. The molecule has 0 radical (unpaired) electrons. The molecule has 0 unspecified atom stereocenters. The molecule has 15 heteroatoms. The SMILES string of the molecule is NCCOCCOCCOCCNC[C@H](O)[C@@H](O)[C@H](O[C@H]1O[C@H](CO)[C@@H](O)[C@H](O)[C@H]1O)[C@H](O)CO. The van der Waals surface area contributed by atoms with E-state index in [1.807, 2.05) is 0 Å².